The number of halogens is 1. The number of phenolic OH excluding ortho intramolecular Hbond substituents is 1. The molecular weight excluding hydrogens is 382 g/mol. The van der Waals surface area contributed by atoms with E-state index in [0.717, 1.165) is 17.6 Å². The largest absolute Gasteiger partial charge is 0.507 e. The van der Waals surface area contributed by atoms with E-state index in [0.29, 0.717) is 5.56 Å². The number of nitro benzene ring substituents is 1. The standard InChI is InChI=1S/C14H10BrN3O4.CH4O/c15-11-4-5-13(19)10(6-11)8-16-17-14(20)9-2-1-3-12(7-9)18(21)22;1-2/h1-8,19H,(H,17,20);2H,1H3/b16-8+;. The molecule has 1 amide bonds. The Morgan fingerprint density at radius 2 is 2.00 bits per heavy atom. The van der Waals surface area contributed by atoms with Gasteiger partial charge in [0.05, 0.1) is 11.1 Å². The van der Waals surface area contributed by atoms with Gasteiger partial charge in [0.1, 0.15) is 5.75 Å². The highest BCUT2D eigenvalue weighted by Crippen LogP contribution is 2.20. The molecule has 0 saturated carbocycles. The van der Waals surface area contributed by atoms with Gasteiger partial charge in [-0.1, -0.05) is 22.0 Å². The number of benzene rings is 2. The lowest BCUT2D eigenvalue weighted by atomic mass is 10.2. The molecule has 2 aromatic carbocycles. The van der Waals surface area contributed by atoms with Crippen molar-refractivity contribution >= 4 is 33.7 Å². The zero-order chi connectivity index (χ0) is 18.1. The van der Waals surface area contributed by atoms with Crippen LogP contribution in [-0.2, 0) is 0 Å². The summed E-state index contributed by atoms with van der Waals surface area (Å²) in [5.41, 5.74) is 2.59. The fraction of sp³-hybridized carbons (Fsp3) is 0.0667. The van der Waals surface area contributed by atoms with Crippen LogP contribution < -0.4 is 5.43 Å². The number of phenols is 1. The van der Waals surface area contributed by atoms with Crippen molar-refractivity contribution in [2.24, 2.45) is 5.10 Å². The number of hydrogen-bond donors (Lipinski definition) is 3. The predicted octanol–water partition coefficient (Wildman–Crippen LogP) is 2.44. The van der Waals surface area contributed by atoms with E-state index in [2.05, 4.69) is 26.5 Å². The lowest BCUT2D eigenvalue weighted by molar-refractivity contribution is -0.384. The first-order valence-electron chi connectivity index (χ1n) is 6.48. The van der Waals surface area contributed by atoms with Crippen LogP contribution in [-0.4, -0.2) is 34.4 Å². The van der Waals surface area contributed by atoms with Gasteiger partial charge in [-0.3, -0.25) is 14.9 Å². The maximum atomic E-state index is 11.8. The quantitative estimate of drug-likeness (QED) is 0.416. The number of hydrazone groups is 1. The molecule has 8 nitrogen and oxygen atoms in total. The first-order chi connectivity index (χ1) is 11.5. The molecule has 2 rings (SSSR count). The molecule has 0 radical (unpaired) electrons. The average Bonchev–Trinajstić information content (AvgIpc) is 2.59. The van der Waals surface area contributed by atoms with E-state index in [1.165, 1.54) is 30.5 Å². The molecule has 0 saturated heterocycles. The van der Waals surface area contributed by atoms with Crippen LogP contribution in [0.1, 0.15) is 15.9 Å². The number of rotatable bonds is 4. The van der Waals surface area contributed by atoms with Gasteiger partial charge in [-0.2, -0.15) is 5.10 Å². The third-order valence-electron chi connectivity index (χ3n) is 2.68. The number of carbonyl (C=O) groups is 1. The highest BCUT2D eigenvalue weighted by molar-refractivity contribution is 9.10. The van der Waals surface area contributed by atoms with E-state index in [4.69, 9.17) is 5.11 Å². The molecule has 126 valence electrons. The number of nitro groups is 1. The third-order valence-corrected chi connectivity index (χ3v) is 3.17. The smallest absolute Gasteiger partial charge is 0.271 e. The molecule has 3 N–H and O–H groups in total. The summed E-state index contributed by atoms with van der Waals surface area (Å²) in [6.07, 6.45) is 1.27. The van der Waals surface area contributed by atoms with E-state index in [1.54, 1.807) is 12.1 Å². The minimum absolute atomic E-state index is 0.0107. The Kier molecular flexibility index (Phi) is 7.53. The van der Waals surface area contributed by atoms with Gasteiger partial charge in [-0.15, -0.1) is 0 Å². The van der Waals surface area contributed by atoms with E-state index in [9.17, 15) is 20.0 Å². The van der Waals surface area contributed by atoms with Gasteiger partial charge < -0.3 is 10.2 Å². The number of hydrogen-bond acceptors (Lipinski definition) is 6. The molecule has 24 heavy (non-hydrogen) atoms. The van der Waals surface area contributed by atoms with Gasteiger partial charge in [0.2, 0.25) is 0 Å². The zero-order valence-electron chi connectivity index (χ0n) is 12.5. The molecule has 0 unspecified atom stereocenters. The first-order valence-corrected chi connectivity index (χ1v) is 7.28. The van der Waals surface area contributed by atoms with E-state index in [-0.39, 0.29) is 17.0 Å². The Hall–Kier alpha value is -2.78. The summed E-state index contributed by atoms with van der Waals surface area (Å²) in [6, 6.07) is 10.1. The van der Waals surface area contributed by atoms with Crippen LogP contribution in [0, 0.1) is 10.1 Å². The summed E-state index contributed by atoms with van der Waals surface area (Å²) >= 11 is 3.25. The fourth-order valence-electron chi connectivity index (χ4n) is 1.61. The number of non-ortho nitro benzene ring substituents is 1. The van der Waals surface area contributed by atoms with E-state index < -0.39 is 10.8 Å². The summed E-state index contributed by atoms with van der Waals surface area (Å²) in [5, 5.41) is 31.0. The minimum atomic E-state index is -0.588. The van der Waals surface area contributed by atoms with Crippen LogP contribution in [0.2, 0.25) is 0 Å². The van der Waals surface area contributed by atoms with Crippen molar-refractivity contribution in [1.82, 2.24) is 5.43 Å². The Morgan fingerprint density at radius 3 is 2.67 bits per heavy atom. The van der Waals surface area contributed by atoms with Crippen molar-refractivity contribution in [3.8, 4) is 5.75 Å². The number of aliphatic hydroxyl groups excluding tert-OH is 1. The van der Waals surface area contributed by atoms with Gasteiger partial charge >= 0.3 is 0 Å². The molecule has 0 atom stereocenters. The van der Waals surface area contributed by atoms with Crippen LogP contribution in [0.25, 0.3) is 0 Å². The minimum Gasteiger partial charge on any atom is -0.507 e. The molecule has 0 aromatic heterocycles. The molecule has 0 aliphatic heterocycles. The van der Waals surface area contributed by atoms with Crippen LogP contribution >= 0.6 is 15.9 Å². The SMILES string of the molecule is CO.O=C(N/N=C/c1cc(Br)ccc1O)c1cccc([N+](=O)[O-])c1. The highest BCUT2D eigenvalue weighted by Gasteiger charge is 2.10. The second-order valence-corrected chi connectivity index (χ2v) is 5.13. The highest BCUT2D eigenvalue weighted by atomic mass is 79.9. The molecule has 0 aliphatic carbocycles. The summed E-state index contributed by atoms with van der Waals surface area (Å²) in [4.78, 5) is 21.9. The van der Waals surface area contributed by atoms with Gasteiger partial charge in [0, 0.05) is 34.8 Å². The average molecular weight is 396 g/mol. The Morgan fingerprint density at radius 1 is 1.29 bits per heavy atom. The van der Waals surface area contributed by atoms with Gasteiger partial charge in [0.25, 0.3) is 11.6 Å². The predicted molar refractivity (Wildman–Crippen MR) is 92.1 cm³/mol. The van der Waals surface area contributed by atoms with Gasteiger partial charge in [-0.25, -0.2) is 5.43 Å². The normalized spacial score (nSPS) is 9.96. The summed E-state index contributed by atoms with van der Waals surface area (Å²) in [7, 11) is 1.00. The summed E-state index contributed by atoms with van der Waals surface area (Å²) in [5.74, 6) is -0.578. The van der Waals surface area contributed by atoms with Crippen molar-refractivity contribution < 1.29 is 19.9 Å². The summed E-state index contributed by atoms with van der Waals surface area (Å²) < 4.78 is 0.747. The molecule has 2 aromatic rings. The van der Waals surface area contributed by atoms with Gasteiger partial charge in [-0.05, 0) is 24.3 Å². The maximum absolute atomic E-state index is 11.8. The maximum Gasteiger partial charge on any atom is 0.271 e. The Bertz CT molecular complexity index is 765. The van der Waals surface area contributed by atoms with Crippen LogP contribution in [0.15, 0.2) is 52.0 Å². The van der Waals surface area contributed by atoms with Gasteiger partial charge in [0.15, 0.2) is 0 Å². The number of nitrogens with one attached hydrogen (secondary N) is 1. The lowest BCUT2D eigenvalue weighted by Crippen LogP contribution is -2.17. The number of nitrogens with zero attached hydrogens (tertiary/aromatic N) is 2. The van der Waals surface area contributed by atoms with Crippen LogP contribution in [0.3, 0.4) is 0 Å². The summed E-state index contributed by atoms with van der Waals surface area (Å²) in [6.45, 7) is 0. The van der Waals surface area contributed by atoms with Crippen molar-refractivity contribution in [2.75, 3.05) is 7.11 Å². The molecule has 0 fully saturated rings. The van der Waals surface area contributed by atoms with Crippen molar-refractivity contribution in [3.63, 3.8) is 0 Å². The Balaban J connectivity index is 0.00000139. The fourth-order valence-corrected chi connectivity index (χ4v) is 1.99. The third kappa shape index (κ3) is 5.45. The van der Waals surface area contributed by atoms with E-state index in [1.807, 2.05) is 0 Å². The molecule has 9 heteroatoms. The monoisotopic (exact) mass is 395 g/mol. The number of carbonyl (C=O) groups excluding carboxylic acids is 1. The number of amides is 1. The van der Waals surface area contributed by atoms with Crippen LogP contribution in [0.5, 0.6) is 5.75 Å². The molecule has 0 heterocycles. The van der Waals surface area contributed by atoms with Crippen molar-refractivity contribution in [3.05, 3.63) is 68.2 Å². The molecule has 0 spiro atoms. The number of aliphatic hydroxyl groups is 1. The van der Waals surface area contributed by atoms with Crippen LogP contribution in [0.4, 0.5) is 5.69 Å². The first kappa shape index (κ1) is 19.3. The Labute approximate surface area is 145 Å². The number of aromatic hydroxyl groups is 1. The van der Waals surface area contributed by atoms with Crippen molar-refractivity contribution in [1.29, 1.82) is 0 Å². The van der Waals surface area contributed by atoms with Crippen molar-refractivity contribution in [2.45, 2.75) is 0 Å². The second-order valence-electron chi connectivity index (χ2n) is 4.21. The van der Waals surface area contributed by atoms with E-state index >= 15 is 0 Å². The lowest BCUT2D eigenvalue weighted by Gasteiger charge is -2.01. The molecular formula is C15H14BrN3O5. The zero-order valence-corrected chi connectivity index (χ0v) is 14.1. The second kappa shape index (κ2) is 9.38. The topological polar surface area (TPSA) is 125 Å². The molecule has 0 bridgehead atoms. The molecule has 0 aliphatic rings.